The van der Waals surface area contributed by atoms with Gasteiger partial charge in [-0.05, 0) is 17.5 Å². The number of methoxy groups -OCH3 is 1. The fourth-order valence-electron chi connectivity index (χ4n) is 2.76. The number of thiophene rings is 1. The molecule has 1 aromatic carbocycles. The van der Waals surface area contributed by atoms with Gasteiger partial charge in [0.25, 0.3) is 0 Å². The quantitative estimate of drug-likeness (QED) is 0.665. The van der Waals surface area contributed by atoms with Crippen molar-refractivity contribution >= 4 is 28.6 Å². The van der Waals surface area contributed by atoms with Crippen molar-refractivity contribution in [3.8, 4) is 11.5 Å². The molecule has 0 spiro atoms. The van der Waals surface area contributed by atoms with Gasteiger partial charge in [-0.25, -0.2) is 5.01 Å². The molecule has 8 nitrogen and oxygen atoms in total. The second kappa shape index (κ2) is 6.52. The van der Waals surface area contributed by atoms with Crippen LogP contribution in [0.2, 0.25) is 0 Å². The second-order valence-electron chi connectivity index (χ2n) is 5.45. The maximum atomic E-state index is 12.0. The number of ether oxygens (including phenoxy) is 1. The van der Waals surface area contributed by atoms with E-state index in [0.29, 0.717) is 12.1 Å². The summed E-state index contributed by atoms with van der Waals surface area (Å²) in [5, 5.41) is 29.1. The fraction of sp³-hybridized carbons (Fsp3) is 0.250. The Balaban J connectivity index is 2.08. The Morgan fingerprint density at radius 2 is 2.28 bits per heavy atom. The zero-order valence-corrected chi connectivity index (χ0v) is 14.3. The number of hydrogen-bond donors (Lipinski definition) is 1. The molecule has 2 aromatic rings. The van der Waals surface area contributed by atoms with Crippen molar-refractivity contribution in [3.63, 3.8) is 0 Å². The molecule has 0 unspecified atom stereocenters. The summed E-state index contributed by atoms with van der Waals surface area (Å²) in [7, 11) is 1.38. The number of benzene rings is 1. The molecule has 1 N–H and O–H groups in total. The van der Waals surface area contributed by atoms with Gasteiger partial charge in [0.2, 0.25) is 5.91 Å². The van der Waals surface area contributed by atoms with Gasteiger partial charge in [-0.15, -0.1) is 11.3 Å². The summed E-state index contributed by atoms with van der Waals surface area (Å²) in [5.74, 6) is -0.571. The smallest absolute Gasteiger partial charge is 0.314 e. The molecule has 0 saturated carbocycles. The standard InChI is InChI=1S/C16H15N3O5S/c1-9(20)18-13(8-12(17-18)15-4-3-5-25-15)11-6-10(24-2)7-14(16(11)21)19(22)23/h3-7,13,21H,8H2,1-2H3/t13-/m1/s1. The molecule has 0 aliphatic carbocycles. The van der Waals surface area contributed by atoms with Crippen LogP contribution in [-0.4, -0.2) is 33.8 Å². The number of nitro benzene ring substituents is 1. The number of hydrogen-bond acceptors (Lipinski definition) is 7. The lowest BCUT2D eigenvalue weighted by Crippen LogP contribution is -2.24. The number of rotatable bonds is 4. The van der Waals surface area contributed by atoms with Gasteiger partial charge in [-0.1, -0.05) is 6.07 Å². The van der Waals surface area contributed by atoms with E-state index in [1.807, 2.05) is 17.5 Å². The molecule has 9 heteroatoms. The molecule has 0 radical (unpaired) electrons. The van der Waals surface area contributed by atoms with E-state index >= 15 is 0 Å². The van der Waals surface area contributed by atoms with Crippen LogP contribution in [0.3, 0.4) is 0 Å². The highest BCUT2D eigenvalue weighted by Gasteiger charge is 2.36. The largest absolute Gasteiger partial charge is 0.502 e. The molecule has 0 fully saturated rings. The predicted molar refractivity (Wildman–Crippen MR) is 92.0 cm³/mol. The highest BCUT2D eigenvalue weighted by Crippen LogP contribution is 2.43. The number of carbonyl (C=O) groups excluding carboxylic acids is 1. The van der Waals surface area contributed by atoms with Crippen LogP contribution in [-0.2, 0) is 4.79 Å². The average molecular weight is 361 g/mol. The molecule has 1 aliphatic heterocycles. The number of nitro groups is 1. The van der Waals surface area contributed by atoms with Crippen LogP contribution in [0.5, 0.6) is 11.5 Å². The lowest BCUT2D eigenvalue weighted by atomic mass is 9.99. The van der Waals surface area contributed by atoms with Crippen molar-refractivity contribution < 1.29 is 19.6 Å². The normalized spacial score (nSPS) is 16.6. The molecular weight excluding hydrogens is 346 g/mol. The minimum absolute atomic E-state index is 0.229. The molecular formula is C16H15N3O5S. The summed E-state index contributed by atoms with van der Waals surface area (Å²) in [6, 6.07) is 5.77. The van der Waals surface area contributed by atoms with Crippen molar-refractivity contribution in [1.82, 2.24) is 5.01 Å². The van der Waals surface area contributed by atoms with Gasteiger partial charge in [0.1, 0.15) is 5.75 Å². The molecule has 2 heterocycles. The number of phenols is 1. The van der Waals surface area contributed by atoms with Crippen molar-refractivity contribution in [3.05, 3.63) is 50.2 Å². The van der Waals surface area contributed by atoms with Crippen molar-refractivity contribution in [1.29, 1.82) is 0 Å². The fourth-order valence-corrected chi connectivity index (χ4v) is 3.48. The molecule has 25 heavy (non-hydrogen) atoms. The highest BCUT2D eigenvalue weighted by molar-refractivity contribution is 7.12. The third kappa shape index (κ3) is 3.05. The number of carbonyl (C=O) groups is 1. The van der Waals surface area contributed by atoms with Gasteiger partial charge < -0.3 is 9.84 Å². The number of phenolic OH excluding ortho intramolecular Hbond substituents is 1. The summed E-state index contributed by atoms with van der Waals surface area (Å²) in [5.41, 5.74) is 0.457. The number of amides is 1. The molecule has 3 rings (SSSR count). The van der Waals surface area contributed by atoms with Gasteiger partial charge in [-0.2, -0.15) is 5.10 Å². The van der Waals surface area contributed by atoms with Gasteiger partial charge >= 0.3 is 5.69 Å². The Morgan fingerprint density at radius 3 is 2.84 bits per heavy atom. The lowest BCUT2D eigenvalue weighted by molar-refractivity contribution is -0.386. The van der Waals surface area contributed by atoms with Crippen LogP contribution >= 0.6 is 11.3 Å². The molecule has 130 valence electrons. The van der Waals surface area contributed by atoms with Gasteiger partial charge in [0, 0.05) is 18.9 Å². The first-order valence-electron chi connectivity index (χ1n) is 7.38. The van der Waals surface area contributed by atoms with E-state index in [1.54, 1.807) is 0 Å². The third-order valence-corrected chi connectivity index (χ3v) is 4.84. The van der Waals surface area contributed by atoms with Crippen LogP contribution in [0.25, 0.3) is 0 Å². The zero-order valence-electron chi connectivity index (χ0n) is 13.5. The van der Waals surface area contributed by atoms with E-state index in [9.17, 15) is 20.0 Å². The third-order valence-electron chi connectivity index (χ3n) is 3.92. The minimum Gasteiger partial charge on any atom is -0.502 e. The highest BCUT2D eigenvalue weighted by atomic mass is 32.1. The summed E-state index contributed by atoms with van der Waals surface area (Å²) < 4.78 is 5.10. The van der Waals surface area contributed by atoms with E-state index < -0.39 is 22.4 Å². The first kappa shape index (κ1) is 16.9. The maximum Gasteiger partial charge on any atom is 0.314 e. The van der Waals surface area contributed by atoms with Crippen LogP contribution in [0, 0.1) is 10.1 Å². The Bertz CT molecular complexity index is 863. The van der Waals surface area contributed by atoms with Crippen LogP contribution in [0.15, 0.2) is 34.7 Å². The first-order chi connectivity index (χ1) is 11.9. The topological polar surface area (TPSA) is 105 Å². The zero-order chi connectivity index (χ0) is 18.1. The molecule has 1 atom stereocenters. The Hall–Kier alpha value is -2.94. The van der Waals surface area contributed by atoms with E-state index in [2.05, 4.69) is 5.10 Å². The SMILES string of the molecule is COc1cc([C@H]2CC(c3cccs3)=NN2C(C)=O)c(O)c([N+](=O)[O-])c1. The summed E-state index contributed by atoms with van der Waals surface area (Å²) in [6.45, 7) is 1.36. The molecule has 1 amide bonds. The minimum atomic E-state index is -0.685. The molecule has 0 bridgehead atoms. The van der Waals surface area contributed by atoms with Crippen LogP contribution in [0.4, 0.5) is 5.69 Å². The maximum absolute atomic E-state index is 12.0. The van der Waals surface area contributed by atoms with E-state index in [1.165, 1.54) is 36.4 Å². The Kier molecular flexibility index (Phi) is 4.41. The van der Waals surface area contributed by atoms with Gasteiger partial charge in [-0.3, -0.25) is 14.9 Å². The first-order valence-corrected chi connectivity index (χ1v) is 8.26. The van der Waals surface area contributed by atoms with Gasteiger partial charge in [0.05, 0.1) is 34.7 Å². The average Bonchev–Trinajstić information content (AvgIpc) is 3.24. The molecule has 1 aromatic heterocycles. The lowest BCUT2D eigenvalue weighted by Gasteiger charge is -2.21. The number of nitrogens with zero attached hydrogens (tertiary/aromatic N) is 3. The molecule has 1 aliphatic rings. The van der Waals surface area contributed by atoms with Crippen LogP contribution < -0.4 is 4.74 Å². The monoisotopic (exact) mass is 361 g/mol. The van der Waals surface area contributed by atoms with Crippen molar-refractivity contribution in [2.75, 3.05) is 7.11 Å². The summed E-state index contributed by atoms with van der Waals surface area (Å²) >= 11 is 1.49. The van der Waals surface area contributed by atoms with Crippen molar-refractivity contribution in [2.45, 2.75) is 19.4 Å². The van der Waals surface area contributed by atoms with Crippen LogP contribution in [0.1, 0.15) is 29.8 Å². The summed E-state index contributed by atoms with van der Waals surface area (Å²) in [4.78, 5) is 23.4. The van der Waals surface area contributed by atoms with Gasteiger partial charge in [0.15, 0.2) is 5.75 Å². The molecule has 0 saturated heterocycles. The number of hydrazone groups is 1. The second-order valence-corrected chi connectivity index (χ2v) is 6.40. The predicted octanol–water partition coefficient (Wildman–Crippen LogP) is 3.07. The van der Waals surface area contributed by atoms with Crippen molar-refractivity contribution in [2.24, 2.45) is 5.10 Å². The van der Waals surface area contributed by atoms with E-state index in [0.717, 1.165) is 10.9 Å². The number of aromatic hydroxyl groups is 1. The Labute approximate surface area is 147 Å². The summed E-state index contributed by atoms with van der Waals surface area (Å²) in [6.07, 6.45) is 0.345. The Morgan fingerprint density at radius 1 is 1.52 bits per heavy atom. The van der Waals surface area contributed by atoms with E-state index in [-0.39, 0.29) is 17.2 Å². The van der Waals surface area contributed by atoms with E-state index in [4.69, 9.17) is 4.74 Å².